The van der Waals surface area contributed by atoms with Crippen molar-refractivity contribution in [3.63, 3.8) is 0 Å². The van der Waals surface area contributed by atoms with Crippen LogP contribution in [0.5, 0.6) is 0 Å². The van der Waals surface area contributed by atoms with Crippen LogP contribution in [0.2, 0.25) is 0 Å². The fourth-order valence-electron chi connectivity index (χ4n) is 3.18. The molecule has 0 atom stereocenters. The maximum absolute atomic E-state index is 12.5. The van der Waals surface area contributed by atoms with E-state index in [1.807, 2.05) is 33.1 Å². The summed E-state index contributed by atoms with van der Waals surface area (Å²) >= 11 is 0.197. The van der Waals surface area contributed by atoms with Gasteiger partial charge < -0.3 is 0 Å². The molecule has 2 aromatic heterocycles. The Morgan fingerprint density at radius 3 is 1.58 bits per heavy atom. The Balaban J connectivity index is 1.44. The Morgan fingerprint density at radius 2 is 1.15 bits per heavy atom. The predicted molar refractivity (Wildman–Crippen MR) is 109 cm³/mol. The molecule has 0 aliphatic heterocycles. The van der Waals surface area contributed by atoms with E-state index in [0.29, 0.717) is 0 Å². The van der Waals surface area contributed by atoms with Gasteiger partial charge in [-0.1, -0.05) is 0 Å². The van der Waals surface area contributed by atoms with Crippen LogP contribution in [0.15, 0.2) is 46.0 Å². The molecule has 4 aromatic rings. The first-order valence-electron chi connectivity index (χ1n) is 8.74. The van der Waals surface area contributed by atoms with E-state index in [9.17, 15) is 9.59 Å². The zero-order chi connectivity index (χ0) is 18.3. The van der Waals surface area contributed by atoms with E-state index < -0.39 is 0 Å². The van der Waals surface area contributed by atoms with Crippen molar-refractivity contribution in [2.45, 2.75) is 39.8 Å². The third kappa shape index (κ3) is 3.35. The minimum absolute atomic E-state index is 0.0985. The molecule has 26 heavy (non-hydrogen) atoms. The average Bonchev–Trinajstić information content (AvgIpc) is 3.10. The molecule has 0 spiro atoms. The van der Waals surface area contributed by atoms with Gasteiger partial charge in [-0.15, -0.1) is 0 Å². The molecule has 4 nitrogen and oxygen atoms in total. The molecule has 134 valence electrons. The zero-order valence-corrected chi connectivity index (χ0v) is 18.2. The van der Waals surface area contributed by atoms with Crippen molar-refractivity contribution in [1.29, 1.82) is 0 Å². The van der Waals surface area contributed by atoms with Gasteiger partial charge in [-0.3, -0.25) is 0 Å². The normalized spacial score (nSPS) is 11.6. The van der Waals surface area contributed by atoms with E-state index in [4.69, 9.17) is 0 Å². The van der Waals surface area contributed by atoms with Gasteiger partial charge in [0.05, 0.1) is 0 Å². The number of nitrogens with zero attached hydrogens (tertiary/aromatic N) is 2. The van der Waals surface area contributed by atoms with Crippen LogP contribution in [-0.4, -0.2) is 36.6 Å². The molecule has 0 fully saturated rings. The first kappa shape index (κ1) is 17.8. The third-order valence-electron chi connectivity index (χ3n) is 4.57. The summed E-state index contributed by atoms with van der Waals surface area (Å²) in [5, 5.41) is 1.77. The summed E-state index contributed by atoms with van der Waals surface area (Å²) in [7, 11) is 0. The van der Waals surface area contributed by atoms with Gasteiger partial charge in [0, 0.05) is 0 Å². The second-order valence-corrected chi connectivity index (χ2v) is 11.2. The quantitative estimate of drug-likeness (QED) is 0.327. The van der Waals surface area contributed by atoms with Crippen molar-refractivity contribution in [2.24, 2.45) is 0 Å². The molecule has 2 aromatic carbocycles. The molecule has 0 unspecified atom stereocenters. The van der Waals surface area contributed by atoms with Crippen molar-refractivity contribution in [2.75, 3.05) is 0 Å². The Bertz CT molecular complexity index is 1110. The number of aryl methyl sites for hydroxylation is 4. The monoisotopic (exact) mass is 480 g/mol. The van der Waals surface area contributed by atoms with Crippen molar-refractivity contribution in [1.82, 2.24) is 7.12 Å². The first-order valence-corrected chi connectivity index (χ1v) is 12.0. The standard InChI is InChI=1S/C20H20N2O2Se2/c1-13-5-7-17-15(11-13)19(23)21(25-17)9-3-4-10-22-20(24)16-12-14(2)6-8-18(16)26-22/h5-8,11-12H,3-4,9-10H2,1-2H3. The summed E-state index contributed by atoms with van der Waals surface area (Å²) in [6.07, 6.45) is 1.88. The van der Waals surface area contributed by atoms with Crippen LogP contribution in [0.1, 0.15) is 24.0 Å². The molecule has 0 saturated carbocycles. The summed E-state index contributed by atoms with van der Waals surface area (Å²) in [5.41, 5.74) is 2.62. The second kappa shape index (κ2) is 7.20. The van der Waals surface area contributed by atoms with Crippen LogP contribution in [0.3, 0.4) is 0 Å². The number of fused-ring (bicyclic) bond motifs is 2. The maximum atomic E-state index is 12.5. The molecule has 0 bridgehead atoms. The zero-order valence-electron chi connectivity index (χ0n) is 14.8. The minimum atomic E-state index is 0.0985. The molecule has 6 heteroatoms. The Hall–Kier alpha value is -1.58. The van der Waals surface area contributed by atoms with Crippen LogP contribution in [-0.2, 0) is 13.1 Å². The summed E-state index contributed by atoms with van der Waals surface area (Å²) in [6.45, 7) is 5.62. The molecule has 0 radical (unpaired) electrons. The first-order chi connectivity index (χ1) is 12.5. The van der Waals surface area contributed by atoms with Crippen molar-refractivity contribution in [3.8, 4) is 0 Å². The SMILES string of the molecule is Cc1ccc2[se]n(CCCCn3[se]c4ccc(C)cc4c3=O)c(=O)c2c1. The van der Waals surface area contributed by atoms with Gasteiger partial charge in [0.2, 0.25) is 0 Å². The van der Waals surface area contributed by atoms with E-state index in [2.05, 4.69) is 24.3 Å². The number of rotatable bonds is 5. The predicted octanol–water partition coefficient (Wildman–Crippen LogP) is 2.53. The number of aromatic nitrogens is 2. The number of hydrogen-bond donors (Lipinski definition) is 0. The molecular weight excluding hydrogens is 458 g/mol. The van der Waals surface area contributed by atoms with Gasteiger partial charge in [-0.2, -0.15) is 0 Å². The van der Waals surface area contributed by atoms with Crippen LogP contribution in [0.4, 0.5) is 0 Å². The fraction of sp³-hybridized carbons (Fsp3) is 0.300. The van der Waals surface area contributed by atoms with Crippen molar-refractivity contribution < 1.29 is 0 Å². The summed E-state index contributed by atoms with van der Waals surface area (Å²) in [4.78, 5) is 25.0. The Kier molecular flexibility index (Phi) is 4.94. The van der Waals surface area contributed by atoms with E-state index in [-0.39, 0.29) is 40.6 Å². The van der Waals surface area contributed by atoms with E-state index in [1.54, 1.807) is 0 Å². The van der Waals surface area contributed by atoms with Crippen LogP contribution in [0, 0.1) is 13.8 Å². The van der Waals surface area contributed by atoms with Crippen molar-refractivity contribution >= 4 is 48.8 Å². The molecule has 0 amide bonds. The van der Waals surface area contributed by atoms with Gasteiger partial charge in [0.1, 0.15) is 0 Å². The van der Waals surface area contributed by atoms with Gasteiger partial charge in [0.25, 0.3) is 0 Å². The molecule has 0 aliphatic rings. The van der Waals surface area contributed by atoms with Crippen molar-refractivity contribution in [3.05, 3.63) is 68.2 Å². The van der Waals surface area contributed by atoms with E-state index >= 15 is 0 Å². The molecule has 0 N–H and O–H groups in total. The number of hydrogen-bond acceptors (Lipinski definition) is 2. The van der Waals surface area contributed by atoms with E-state index in [1.165, 1.54) is 8.52 Å². The number of unbranched alkanes of at least 4 members (excludes halogenated alkanes) is 1. The molecule has 2 heterocycles. The fourth-order valence-corrected chi connectivity index (χ4v) is 7.42. The van der Waals surface area contributed by atoms with Gasteiger partial charge in [0.15, 0.2) is 0 Å². The van der Waals surface area contributed by atoms with Crippen LogP contribution in [0.25, 0.3) is 19.3 Å². The molecule has 0 aliphatic carbocycles. The van der Waals surface area contributed by atoms with Crippen LogP contribution >= 0.6 is 0 Å². The molecular formula is C20H20N2O2Se2. The van der Waals surface area contributed by atoms with Crippen LogP contribution < -0.4 is 11.1 Å². The van der Waals surface area contributed by atoms with Gasteiger partial charge in [-0.25, -0.2) is 0 Å². The molecule has 4 rings (SSSR count). The van der Waals surface area contributed by atoms with Gasteiger partial charge in [-0.05, 0) is 0 Å². The average molecular weight is 478 g/mol. The third-order valence-corrected chi connectivity index (χ3v) is 9.28. The summed E-state index contributed by atoms with van der Waals surface area (Å²) in [5.74, 6) is 0. The second-order valence-electron chi connectivity index (χ2n) is 6.70. The van der Waals surface area contributed by atoms with Gasteiger partial charge >= 0.3 is 164 Å². The van der Waals surface area contributed by atoms with E-state index in [0.717, 1.165) is 47.8 Å². The number of benzene rings is 2. The Morgan fingerprint density at radius 1 is 0.731 bits per heavy atom. The molecule has 0 saturated heterocycles. The summed E-state index contributed by atoms with van der Waals surface area (Å²) < 4.78 is 6.37. The Labute approximate surface area is 163 Å². The topological polar surface area (TPSA) is 44.0 Å². The summed E-state index contributed by atoms with van der Waals surface area (Å²) in [6, 6.07) is 12.4.